The van der Waals surface area contributed by atoms with Gasteiger partial charge in [0.05, 0.1) is 0 Å². The van der Waals surface area contributed by atoms with Crippen LogP contribution in [-0.4, -0.2) is 48.6 Å². The van der Waals surface area contributed by atoms with Crippen LogP contribution in [0.2, 0.25) is 0 Å². The second kappa shape index (κ2) is 11.1. The molecule has 6 heteroatoms. The number of carbonyl (C=O) groups is 1. The summed E-state index contributed by atoms with van der Waals surface area (Å²) in [5.74, 6) is -0.430. The van der Waals surface area contributed by atoms with Crippen LogP contribution in [-0.2, 0) is 0 Å². The SMILES string of the molecule is O=C(Nc1ccccc1)N1CCN(CCCC(c2ccc(F)cc2)c2ccc(F)cc2)CC1. The summed E-state index contributed by atoms with van der Waals surface area (Å²) in [5.41, 5.74) is 2.87. The van der Waals surface area contributed by atoms with E-state index in [0.717, 1.165) is 49.3 Å². The summed E-state index contributed by atoms with van der Waals surface area (Å²) in [5, 5.41) is 2.94. The highest BCUT2D eigenvalue weighted by atomic mass is 19.1. The average Bonchev–Trinajstić information content (AvgIpc) is 2.84. The second-order valence-corrected chi connectivity index (χ2v) is 8.42. The first kappa shape index (κ1) is 22.9. The number of piperazine rings is 1. The molecule has 1 heterocycles. The monoisotopic (exact) mass is 449 g/mol. The van der Waals surface area contributed by atoms with E-state index in [4.69, 9.17) is 0 Å². The number of nitrogens with one attached hydrogen (secondary N) is 1. The van der Waals surface area contributed by atoms with E-state index in [1.807, 2.05) is 59.5 Å². The Labute approximate surface area is 193 Å². The molecule has 4 rings (SSSR count). The zero-order valence-electron chi connectivity index (χ0n) is 18.6. The van der Waals surface area contributed by atoms with Gasteiger partial charge in [-0.1, -0.05) is 42.5 Å². The van der Waals surface area contributed by atoms with Gasteiger partial charge >= 0.3 is 6.03 Å². The molecule has 1 aliphatic heterocycles. The standard InChI is InChI=1S/C27H29F2N3O/c28-23-12-8-21(9-13-23)26(22-10-14-24(29)15-11-22)7-4-16-31-17-19-32(20-18-31)27(33)30-25-5-2-1-3-6-25/h1-3,5-6,8-15,26H,4,7,16-20H2,(H,30,33). The number of halogens is 2. The number of nitrogens with zero attached hydrogens (tertiary/aromatic N) is 2. The molecule has 0 saturated carbocycles. The van der Waals surface area contributed by atoms with Gasteiger partial charge in [0.1, 0.15) is 11.6 Å². The Bertz CT molecular complexity index is 972. The first-order valence-corrected chi connectivity index (χ1v) is 11.4. The Kier molecular flexibility index (Phi) is 7.68. The molecule has 3 aromatic carbocycles. The molecule has 4 nitrogen and oxygen atoms in total. The molecule has 1 aliphatic rings. The zero-order valence-corrected chi connectivity index (χ0v) is 18.6. The number of urea groups is 1. The summed E-state index contributed by atoms with van der Waals surface area (Å²) >= 11 is 0. The molecule has 2 amide bonds. The van der Waals surface area contributed by atoms with Crippen molar-refractivity contribution in [1.82, 2.24) is 9.80 Å². The summed E-state index contributed by atoms with van der Waals surface area (Å²) in [6.45, 7) is 3.98. The van der Waals surface area contributed by atoms with Crippen molar-refractivity contribution in [2.45, 2.75) is 18.8 Å². The normalized spacial score (nSPS) is 14.5. The summed E-state index contributed by atoms with van der Waals surface area (Å²) < 4.78 is 26.8. The van der Waals surface area contributed by atoms with Crippen molar-refractivity contribution in [3.05, 3.63) is 102 Å². The van der Waals surface area contributed by atoms with E-state index in [0.29, 0.717) is 13.1 Å². The van der Waals surface area contributed by atoms with Crippen molar-refractivity contribution in [3.63, 3.8) is 0 Å². The number of rotatable bonds is 7. The van der Waals surface area contributed by atoms with E-state index in [2.05, 4.69) is 10.2 Å². The molecule has 1 saturated heterocycles. The summed E-state index contributed by atoms with van der Waals surface area (Å²) in [6.07, 6.45) is 1.83. The average molecular weight is 450 g/mol. The molecule has 0 bridgehead atoms. The Hall–Kier alpha value is -3.25. The van der Waals surface area contributed by atoms with Crippen LogP contribution in [0.5, 0.6) is 0 Å². The molecule has 0 atom stereocenters. The number of hydrogen-bond acceptors (Lipinski definition) is 2. The first-order chi connectivity index (χ1) is 16.1. The minimum atomic E-state index is -0.259. The fourth-order valence-electron chi connectivity index (χ4n) is 4.33. The smallest absolute Gasteiger partial charge is 0.321 e. The van der Waals surface area contributed by atoms with E-state index in [9.17, 15) is 13.6 Å². The van der Waals surface area contributed by atoms with Crippen molar-refractivity contribution >= 4 is 11.7 Å². The molecular formula is C27H29F2N3O. The highest BCUT2D eigenvalue weighted by molar-refractivity contribution is 5.89. The molecule has 0 aromatic heterocycles. The van der Waals surface area contributed by atoms with Crippen molar-refractivity contribution in [3.8, 4) is 0 Å². The number of carbonyl (C=O) groups excluding carboxylic acids is 1. The van der Waals surface area contributed by atoms with Crippen molar-refractivity contribution in [1.29, 1.82) is 0 Å². The van der Waals surface area contributed by atoms with Gasteiger partial charge in [0.25, 0.3) is 0 Å². The topological polar surface area (TPSA) is 35.6 Å². The minimum Gasteiger partial charge on any atom is -0.322 e. The Balaban J connectivity index is 1.28. The van der Waals surface area contributed by atoms with Crippen LogP contribution in [0, 0.1) is 11.6 Å². The van der Waals surface area contributed by atoms with Crippen LogP contribution >= 0.6 is 0 Å². The minimum absolute atomic E-state index is 0.0615. The van der Waals surface area contributed by atoms with Crippen LogP contribution in [0.15, 0.2) is 78.9 Å². The van der Waals surface area contributed by atoms with Gasteiger partial charge in [-0.05, 0) is 66.9 Å². The maximum Gasteiger partial charge on any atom is 0.321 e. The highest BCUT2D eigenvalue weighted by Gasteiger charge is 2.22. The Morgan fingerprint density at radius 2 is 1.33 bits per heavy atom. The molecule has 1 fully saturated rings. The molecular weight excluding hydrogens is 420 g/mol. The van der Waals surface area contributed by atoms with Crippen molar-refractivity contribution < 1.29 is 13.6 Å². The molecule has 0 spiro atoms. The van der Waals surface area contributed by atoms with Crippen molar-refractivity contribution in [2.24, 2.45) is 0 Å². The fraction of sp³-hybridized carbons (Fsp3) is 0.296. The lowest BCUT2D eigenvalue weighted by Crippen LogP contribution is -2.50. The molecule has 33 heavy (non-hydrogen) atoms. The molecule has 3 aromatic rings. The third-order valence-corrected chi connectivity index (χ3v) is 6.20. The number of hydrogen-bond donors (Lipinski definition) is 1. The fourth-order valence-corrected chi connectivity index (χ4v) is 4.33. The molecule has 0 radical (unpaired) electrons. The summed E-state index contributed by atoms with van der Waals surface area (Å²) in [4.78, 5) is 16.7. The van der Waals surface area contributed by atoms with E-state index < -0.39 is 0 Å². The maximum atomic E-state index is 13.4. The third kappa shape index (κ3) is 6.39. The third-order valence-electron chi connectivity index (χ3n) is 6.20. The van der Waals surface area contributed by atoms with Gasteiger partial charge in [-0.3, -0.25) is 4.90 Å². The Morgan fingerprint density at radius 1 is 0.788 bits per heavy atom. The molecule has 172 valence electrons. The van der Waals surface area contributed by atoms with Gasteiger partial charge in [0, 0.05) is 37.8 Å². The quantitative estimate of drug-likeness (QED) is 0.500. The predicted octanol–water partition coefficient (Wildman–Crippen LogP) is 5.73. The van der Waals surface area contributed by atoms with Crippen LogP contribution in [0.25, 0.3) is 0 Å². The number of amides is 2. The first-order valence-electron chi connectivity index (χ1n) is 11.4. The van der Waals surface area contributed by atoms with E-state index in [-0.39, 0.29) is 23.6 Å². The lowest BCUT2D eigenvalue weighted by Gasteiger charge is -2.35. The maximum absolute atomic E-state index is 13.4. The van der Waals surface area contributed by atoms with Gasteiger partial charge in [0.15, 0.2) is 0 Å². The van der Waals surface area contributed by atoms with Gasteiger partial charge < -0.3 is 10.2 Å². The molecule has 1 N–H and O–H groups in total. The summed E-state index contributed by atoms with van der Waals surface area (Å²) in [7, 11) is 0. The second-order valence-electron chi connectivity index (χ2n) is 8.42. The van der Waals surface area contributed by atoms with Gasteiger partial charge in [-0.15, -0.1) is 0 Å². The summed E-state index contributed by atoms with van der Waals surface area (Å²) in [6, 6.07) is 22.6. The lowest BCUT2D eigenvalue weighted by molar-refractivity contribution is 0.145. The number of anilines is 1. The Morgan fingerprint density at radius 3 is 1.88 bits per heavy atom. The van der Waals surface area contributed by atoms with E-state index in [1.54, 1.807) is 0 Å². The largest absolute Gasteiger partial charge is 0.322 e. The predicted molar refractivity (Wildman–Crippen MR) is 127 cm³/mol. The van der Waals surface area contributed by atoms with Gasteiger partial charge in [0.2, 0.25) is 0 Å². The zero-order chi connectivity index (χ0) is 23.0. The lowest BCUT2D eigenvalue weighted by atomic mass is 9.87. The molecule has 0 unspecified atom stereocenters. The van der Waals surface area contributed by atoms with Gasteiger partial charge in [-0.2, -0.15) is 0 Å². The van der Waals surface area contributed by atoms with E-state index >= 15 is 0 Å². The van der Waals surface area contributed by atoms with Crippen LogP contribution in [0.4, 0.5) is 19.3 Å². The molecule has 0 aliphatic carbocycles. The van der Waals surface area contributed by atoms with Crippen LogP contribution in [0.1, 0.15) is 29.9 Å². The van der Waals surface area contributed by atoms with E-state index in [1.165, 1.54) is 24.3 Å². The van der Waals surface area contributed by atoms with Crippen LogP contribution < -0.4 is 5.32 Å². The van der Waals surface area contributed by atoms with Gasteiger partial charge in [-0.25, -0.2) is 13.6 Å². The number of para-hydroxylation sites is 1. The number of benzene rings is 3. The van der Waals surface area contributed by atoms with Crippen molar-refractivity contribution in [2.75, 3.05) is 38.0 Å². The highest BCUT2D eigenvalue weighted by Crippen LogP contribution is 2.30. The van der Waals surface area contributed by atoms with Crippen LogP contribution in [0.3, 0.4) is 0 Å².